The SMILES string of the molecule is CC1(N)CCN(CCCc2ccccc2Oc2cc(F)c(SNc3cscn3)cc2Cl)CC1. The Kier molecular flexibility index (Phi) is 8.14. The number of nitrogens with one attached hydrogen (secondary N) is 1. The number of thiazole rings is 1. The molecule has 1 aliphatic rings. The van der Waals surface area contributed by atoms with Crippen molar-refractivity contribution < 1.29 is 9.13 Å². The fraction of sp³-hybridized carbons (Fsp3) is 0.375. The standard InChI is InChI=1S/C24H28ClFN4OS2/c1-24(27)8-11-30(12-9-24)10-4-6-17-5-2-3-7-20(17)31-21-14-19(26)22(13-18(21)25)33-29-23-15-32-16-28-23/h2-3,5,7,13-16,29H,4,6,8-12,27H2,1H3. The van der Waals surface area contributed by atoms with Gasteiger partial charge >= 0.3 is 0 Å². The zero-order valence-electron chi connectivity index (χ0n) is 18.5. The molecule has 0 amide bonds. The van der Waals surface area contributed by atoms with Crippen LogP contribution in [-0.2, 0) is 6.42 Å². The van der Waals surface area contributed by atoms with Crippen molar-refractivity contribution in [2.24, 2.45) is 5.73 Å². The van der Waals surface area contributed by atoms with Crippen LogP contribution in [0.1, 0.15) is 31.7 Å². The lowest BCUT2D eigenvalue weighted by Gasteiger charge is -2.36. The van der Waals surface area contributed by atoms with E-state index in [1.54, 1.807) is 11.6 Å². The van der Waals surface area contributed by atoms with Gasteiger partial charge < -0.3 is 20.1 Å². The number of rotatable bonds is 9. The van der Waals surface area contributed by atoms with Crippen LogP contribution in [0.5, 0.6) is 11.5 Å². The third-order valence-electron chi connectivity index (χ3n) is 5.80. The van der Waals surface area contributed by atoms with Crippen LogP contribution in [0, 0.1) is 5.82 Å². The molecule has 1 fully saturated rings. The molecular formula is C24H28ClFN4OS2. The number of para-hydroxylation sites is 1. The summed E-state index contributed by atoms with van der Waals surface area (Å²) >= 11 is 9.02. The second-order valence-electron chi connectivity index (χ2n) is 8.60. The molecule has 1 aromatic heterocycles. The van der Waals surface area contributed by atoms with E-state index in [9.17, 15) is 4.39 Å². The van der Waals surface area contributed by atoms with Gasteiger partial charge in [-0.2, -0.15) is 0 Å². The van der Waals surface area contributed by atoms with Gasteiger partial charge in [0, 0.05) is 17.0 Å². The first kappa shape index (κ1) is 24.3. The number of piperidine rings is 1. The first-order chi connectivity index (χ1) is 15.9. The smallest absolute Gasteiger partial charge is 0.149 e. The van der Waals surface area contributed by atoms with E-state index >= 15 is 0 Å². The molecule has 0 bridgehead atoms. The number of benzene rings is 2. The van der Waals surface area contributed by atoms with Crippen molar-refractivity contribution in [3.63, 3.8) is 0 Å². The number of likely N-dealkylation sites (tertiary alicyclic amines) is 1. The Bertz CT molecular complexity index is 1050. The molecule has 176 valence electrons. The number of hydrogen-bond donors (Lipinski definition) is 2. The highest BCUT2D eigenvalue weighted by Gasteiger charge is 2.25. The molecule has 2 heterocycles. The molecule has 0 spiro atoms. The third kappa shape index (κ3) is 6.83. The Labute approximate surface area is 207 Å². The number of anilines is 1. The third-order valence-corrected chi connectivity index (χ3v) is 7.52. The Morgan fingerprint density at radius 3 is 2.82 bits per heavy atom. The highest BCUT2D eigenvalue weighted by atomic mass is 35.5. The number of ether oxygens (including phenoxy) is 1. The molecule has 2 aromatic carbocycles. The maximum Gasteiger partial charge on any atom is 0.149 e. The van der Waals surface area contributed by atoms with Crippen molar-refractivity contribution in [1.82, 2.24) is 9.88 Å². The van der Waals surface area contributed by atoms with Gasteiger partial charge in [-0.05, 0) is 81.9 Å². The predicted molar refractivity (Wildman–Crippen MR) is 136 cm³/mol. The average molecular weight is 507 g/mol. The number of aryl methyl sites for hydroxylation is 1. The summed E-state index contributed by atoms with van der Waals surface area (Å²) in [5.41, 5.74) is 9.00. The first-order valence-corrected chi connectivity index (χ1v) is 13.1. The van der Waals surface area contributed by atoms with Crippen LogP contribution in [-0.4, -0.2) is 35.1 Å². The van der Waals surface area contributed by atoms with Crippen molar-refractivity contribution in [3.05, 3.63) is 63.7 Å². The van der Waals surface area contributed by atoms with Crippen LogP contribution < -0.4 is 15.2 Å². The molecule has 3 aromatic rings. The summed E-state index contributed by atoms with van der Waals surface area (Å²) in [6.45, 7) is 5.25. The quantitative estimate of drug-likeness (QED) is 0.319. The molecule has 1 saturated heterocycles. The highest BCUT2D eigenvalue weighted by molar-refractivity contribution is 8.00. The zero-order chi connectivity index (χ0) is 23.3. The van der Waals surface area contributed by atoms with Gasteiger partial charge in [0.2, 0.25) is 0 Å². The van der Waals surface area contributed by atoms with Crippen molar-refractivity contribution in [1.29, 1.82) is 0 Å². The van der Waals surface area contributed by atoms with Gasteiger partial charge in [-0.3, -0.25) is 0 Å². The lowest BCUT2D eigenvalue weighted by molar-refractivity contribution is 0.170. The van der Waals surface area contributed by atoms with Crippen LogP contribution >= 0.6 is 34.9 Å². The highest BCUT2D eigenvalue weighted by Crippen LogP contribution is 2.36. The molecule has 0 radical (unpaired) electrons. The summed E-state index contributed by atoms with van der Waals surface area (Å²) in [6, 6.07) is 10.8. The van der Waals surface area contributed by atoms with E-state index < -0.39 is 5.82 Å². The van der Waals surface area contributed by atoms with E-state index in [0.29, 0.717) is 27.2 Å². The number of aromatic nitrogens is 1. The number of nitrogens with zero attached hydrogens (tertiary/aromatic N) is 2. The summed E-state index contributed by atoms with van der Waals surface area (Å²) in [5, 5.41) is 2.20. The van der Waals surface area contributed by atoms with Crippen molar-refractivity contribution in [2.75, 3.05) is 24.4 Å². The second kappa shape index (κ2) is 11.1. The Morgan fingerprint density at radius 1 is 1.27 bits per heavy atom. The summed E-state index contributed by atoms with van der Waals surface area (Å²) in [7, 11) is 0. The van der Waals surface area contributed by atoms with Gasteiger partial charge in [-0.15, -0.1) is 11.3 Å². The maximum atomic E-state index is 14.7. The van der Waals surface area contributed by atoms with E-state index in [1.807, 2.05) is 23.6 Å². The van der Waals surface area contributed by atoms with E-state index in [4.69, 9.17) is 22.1 Å². The molecule has 0 aliphatic carbocycles. The Morgan fingerprint density at radius 2 is 2.06 bits per heavy atom. The molecular weight excluding hydrogens is 479 g/mol. The summed E-state index contributed by atoms with van der Waals surface area (Å²) < 4.78 is 23.8. The first-order valence-electron chi connectivity index (χ1n) is 11.0. The van der Waals surface area contributed by atoms with Crippen LogP contribution in [0.3, 0.4) is 0 Å². The lowest BCUT2D eigenvalue weighted by atomic mass is 9.91. The summed E-state index contributed by atoms with van der Waals surface area (Å²) in [5.74, 6) is 1.28. The topological polar surface area (TPSA) is 63.4 Å². The maximum absolute atomic E-state index is 14.7. The van der Waals surface area contributed by atoms with Crippen molar-refractivity contribution in [2.45, 2.75) is 43.0 Å². The molecule has 1 aliphatic heterocycles. The molecule has 0 atom stereocenters. The van der Waals surface area contributed by atoms with Crippen molar-refractivity contribution in [3.8, 4) is 11.5 Å². The summed E-state index contributed by atoms with van der Waals surface area (Å²) in [4.78, 5) is 6.98. The van der Waals surface area contributed by atoms with Crippen LogP contribution in [0.15, 0.2) is 52.2 Å². The minimum Gasteiger partial charge on any atom is -0.455 e. The molecule has 4 rings (SSSR count). The minimum absolute atomic E-state index is 0.0314. The van der Waals surface area contributed by atoms with E-state index in [2.05, 4.69) is 27.6 Å². The van der Waals surface area contributed by atoms with Crippen LogP contribution in [0.4, 0.5) is 10.2 Å². The van der Waals surface area contributed by atoms with Crippen LogP contribution in [0.2, 0.25) is 5.02 Å². The van der Waals surface area contributed by atoms with Gasteiger partial charge in [-0.1, -0.05) is 29.8 Å². The van der Waals surface area contributed by atoms with E-state index in [-0.39, 0.29) is 5.54 Å². The molecule has 33 heavy (non-hydrogen) atoms. The lowest BCUT2D eigenvalue weighted by Crippen LogP contribution is -2.48. The molecule has 0 unspecified atom stereocenters. The zero-order valence-corrected chi connectivity index (χ0v) is 20.9. The number of halogens is 2. The fourth-order valence-corrected chi connectivity index (χ4v) is 5.23. The van der Waals surface area contributed by atoms with Gasteiger partial charge in [0.25, 0.3) is 0 Å². The predicted octanol–water partition coefficient (Wildman–Crippen LogP) is 6.59. The normalized spacial score (nSPS) is 16.0. The molecule has 5 nitrogen and oxygen atoms in total. The van der Waals surface area contributed by atoms with Gasteiger partial charge in [0.05, 0.1) is 15.4 Å². The van der Waals surface area contributed by atoms with E-state index in [0.717, 1.165) is 62.8 Å². The summed E-state index contributed by atoms with van der Waals surface area (Å²) in [6.07, 6.45) is 3.95. The monoisotopic (exact) mass is 506 g/mol. The average Bonchev–Trinajstić information content (AvgIpc) is 3.31. The largest absolute Gasteiger partial charge is 0.455 e. The van der Waals surface area contributed by atoms with Crippen molar-refractivity contribution >= 4 is 40.7 Å². The second-order valence-corrected chi connectivity index (χ2v) is 10.6. The van der Waals surface area contributed by atoms with Gasteiger partial charge in [-0.25, -0.2) is 9.37 Å². The van der Waals surface area contributed by atoms with E-state index in [1.165, 1.54) is 17.4 Å². The Balaban J connectivity index is 1.36. The number of hydrogen-bond acceptors (Lipinski definition) is 7. The molecule has 0 saturated carbocycles. The molecule has 3 N–H and O–H groups in total. The molecule has 9 heteroatoms. The minimum atomic E-state index is -0.406. The number of nitrogens with two attached hydrogens (primary N) is 1. The van der Waals surface area contributed by atoms with Crippen LogP contribution in [0.25, 0.3) is 0 Å². The fourth-order valence-electron chi connectivity index (χ4n) is 3.75. The Hall–Kier alpha value is -1.84. The van der Waals surface area contributed by atoms with Gasteiger partial charge in [0.1, 0.15) is 23.1 Å². The van der Waals surface area contributed by atoms with Gasteiger partial charge in [0.15, 0.2) is 0 Å².